The van der Waals surface area contributed by atoms with Crippen molar-refractivity contribution in [3.8, 4) is 0 Å². The van der Waals surface area contributed by atoms with Crippen molar-refractivity contribution in [1.29, 1.82) is 0 Å². The van der Waals surface area contributed by atoms with Gasteiger partial charge >= 0.3 is 0 Å². The van der Waals surface area contributed by atoms with Crippen LogP contribution < -0.4 is 0 Å². The number of rotatable bonds is 0. The Bertz CT molecular complexity index is 1170. The van der Waals surface area contributed by atoms with Gasteiger partial charge in [-0.1, -0.05) is 23.3 Å². The van der Waals surface area contributed by atoms with Crippen LogP contribution in [0.25, 0.3) is 0 Å². The smallest absolute Gasteiger partial charge is 0.213 e. The lowest BCUT2D eigenvalue weighted by Crippen LogP contribution is -1.90. The highest BCUT2D eigenvalue weighted by atomic mass is 32.1. The second-order valence-corrected chi connectivity index (χ2v) is 12.9. The zero-order valence-corrected chi connectivity index (χ0v) is 29.0. The summed E-state index contributed by atoms with van der Waals surface area (Å²) in [6.07, 6.45) is 7.49. The molecule has 0 radical (unpaired) electrons. The largest absolute Gasteiger partial charge is 0.426 e. The molecule has 2 aliphatic heterocycles. The average molecular weight is 612 g/mol. The Morgan fingerprint density at radius 3 is 1.10 bits per heavy atom. The van der Waals surface area contributed by atoms with Gasteiger partial charge in [-0.25, -0.2) is 4.75 Å². The monoisotopic (exact) mass is 611 g/mol. The number of hydrogen-bond donors (Lipinski definition) is 0. The summed E-state index contributed by atoms with van der Waals surface area (Å²) in [4.78, 5) is 0. The van der Waals surface area contributed by atoms with Crippen molar-refractivity contribution in [2.75, 3.05) is 0 Å². The van der Waals surface area contributed by atoms with Crippen molar-refractivity contribution >= 4 is 42.5 Å². The first-order chi connectivity index (χ1) is 19.7. The zero-order valence-electron chi connectivity index (χ0n) is 27.2. The first-order valence-electron chi connectivity index (χ1n) is 13.7. The number of aryl methyl sites for hydroxylation is 6. The van der Waals surface area contributed by atoms with Crippen molar-refractivity contribution in [3.05, 3.63) is 62.2 Å². The lowest BCUT2D eigenvalue weighted by Gasteiger charge is -1.87. The molecule has 12 heteroatoms. The van der Waals surface area contributed by atoms with Crippen LogP contribution in [-0.4, -0.2) is 48.0 Å². The summed E-state index contributed by atoms with van der Waals surface area (Å²) in [6, 6.07) is 2.12. The minimum Gasteiger partial charge on any atom is -0.426 e. The minimum absolute atomic E-state index is 0.623. The Morgan fingerprint density at radius 1 is 0.571 bits per heavy atom. The molecule has 228 valence electrons. The quantitative estimate of drug-likeness (QED) is 0.252. The van der Waals surface area contributed by atoms with Crippen LogP contribution in [0.3, 0.4) is 0 Å². The van der Waals surface area contributed by atoms with Crippen molar-refractivity contribution in [3.63, 3.8) is 0 Å². The summed E-state index contributed by atoms with van der Waals surface area (Å²) in [6.45, 7) is 23.8. The normalized spacial score (nSPS) is 14.5. The Labute approximate surface area is 256 Å². The Hall–Kier alpha value is -3.43. The van der Waals surface area contributed by atoms with Crippen molar-refractivity contribution < 1.29 is 4.42 Å². The van der Waals surface area contributed by atoms with Crippen LogP contribution in [0.1, 0.15) is 93.6 Å². The molecule has 3 aliphatic rings. The van der Waals surface area contributed by atoms with Gasteiger partial charge in [0, 0.05) is 55.2 Å². The van der Waals surface area contributed by atoms with Crippen LogP contribution in [0, 0.1) is 41.5 Å². The number of aromatic nitrogens is 5. The third kappa shape index (κ3) is 18.1. The summed E-state index contributed by atoms with van der Waals surface area (Å²) in [5.74, 6) is 1.25. The Balaban J connectivity index is 0.000000252. The van der Waals surface area contributed by atoms with E-state index in [0.717, 1.165) is 45.7 Å². The molecule has 42 heavy (non-hydrogen) atoms. The van der Waals surface area contributed by atoms with E-state index in [0.29, 0.717) is 20.1 Å². The van der Waals surface area contributed by atoms with Crippen LogP contribution >= 0.6 is 19.7 Å². The second-order valence-electron chi connectivity index (χ2n) is 10.3. The maximum absolute atomic E-state index is 4.86. The van der Waals surface area contributed by atoms with Gasteiger partial charge in [-0.3, -0.25) is 0 Å². The van der Waals surface area contributed by atoms with Gasteiger partial charge in [0.1, 0.15) is 10.0 Å². The van der Waals surface area contributed by atoms with Gasteiger partial charge in [0.15, 0.2) is 0 Å². The highest BCUT2D eigenvalue weighted by molar-refractivity contribution is 7.26. The molecule has 0 bridgehead atoms. The predicted octanol–water partition coefficient (Wildman–Crippen LogP) is 8.31. The molecule has 0 fully saturated rings. The summed E-state index contributed by atoms with van der Waals surface area (Å²) >= 11 is 1.62. The highest BCUT2D eigenvalue weighted by Gasteiger charge is 2.01. The van der Waals surface area contributed by atoms with Gasteiger partial charge in [0.05, 0.1) is 0 Å². The van der Waals surface area contributed by atoms with E-state index >= 15 is 0 Å². The van der Waals surface area contributed by atoms with Crippen LogP contribution in [0.5, 0.6) is 0 Å². The molecular weight excluding hydrogens is 565 g/mol. The van der Waals surface area contributed by atoms with Crippen molar-refractivity contribution in [2.24, 2.45) is 20.4 Å². The highest BCUT2D eigenvalue weighted by Crippen LogP contribution is 2.16. The van der Waals surface area contributed by atoms with E-state index in [2.05, 4.69) is 84.5 Å². The Morgan fingerprint density at radius 2 is 0.976 bits per heavy atom. The zero-order chi connectivity index (χ0) is 31.7. The number of allylic oxidation sites excluding steroid dienone is 4. The summed E-state index contributed by atoms with van der Waals surface area (Å²) in [5.41, 5.74) is 8.64. The summed E-state index contributed by atoms with van der Waals surface area (Å²) in [5, 5.41) is 33.5. The number of hydrogen-bond acceptors (Lipinski definition) is 11. The van der Waals surface area contributed by atoms with Gasteiger partial charge in [0.25, 0.3) is 0 Å². The average Bonchev–Trinajstić information content (AvgIpc) is 3.76. The van der Waals surface area contributed by atoms with E-state index in [1.807, 2.05) is 48.5 Å². The SMILES string of the molecule is CC1=CC=C(C)C1.CC1=NN=C(C)C1.CC1=NN=C(C)C1.Cc1cc(C)[pH]n1.Cc1nnc(C)o1.Cc1nnc(C)s1. The molecule has 0 saturated carbocycles. The van der Waals surface area contributed by atoms with Crippen LogP contribution in [0.2, 0.25) is 0 Å². The third-order valence-electron chi connectivity index (χ3n) is 5.10. The van der Waals surface area contributed by atoms with Crippen LogP contribution in [-0.2, 0) is 0 Å². The molecule has 0 aromatic carbocycles. The second kappa shape index (κ2) is 19.6. The first-order valence-corrected chi connectivity index (χ1v) is 15.5. The van der Waals surface area contributed by atoms with Crippen LogP contribution in [0.4, 0.5) is 0 Å². The lowest BCUT2D eigenvalue weighted by molar-refractivity contribution is 0.489. The fourth-order valence-electron chi connectivity index (χ4n) is 3.41. The Kier molecular flexibility index (Phi) is 17.1. The topological polar surface area (TPSA) is 127 Å². The van der Waals surface area contributed by atoms with E-state index < -0.39 is 0 Å². The predicted molar refractivity (Wildman–Crippen MR) is 180 cm³/mol. The molecule has 0 N–H and O–H groups in total. The molecular formula is C30H46N9OPS. The van der Waals surface area contributed by atoms with Crippen molar-refractivity contribution in [1.82, 2.24) is 25.1 Å². The van der Waals surface area contributed by atoms with Crippen molar-refractivity contribution in [2.45, 2.75) is 102 Å². The standard InChI is InChI=1S/C7H10.2C5H8N2.C5H8NP.C4H6N2O.C4H6N2S/c1-6-3-4-7(2)5-6;3*1-4-3-5(2)7-6-4;2*1-3-5-6-4(2)7-3/h3-4H,5H2,1-2H3;2*3H2,1-2H3;3,7H,1-2H3;2*1-2H3. The van der Waals surface area contributed by atoms with Gasteiger partial charge in [-0.15, -0.1) is 31.7 Å². The van der Waals surface area contributed by atoms with E-state index in [1.54, 1.807) is 25.2 Å². The fraction of sp³-hybridized carbons (Fsp3) is 0.500. The van der Waals surface area contributed by atoms with Gasteiger partial charge < -0.3 is 4.42 Å². The van der Waals surface area contributed by atoms with E-state index in [4.69, 9.17) is 4.42 Å². The molecule has 1 unspecified atom stereocenters. The summed E-state index contributed by atoms with van der Waals surface area (Å²) in [7, 11) is 0.712. The molecule has 0 amide bonds. The maximum Gasteiger partial charge on any atom is 0.213 e. The maximum atomic E-state index is 4.86. The minimum atomic E-state index is 0.623. The third-order valence-corrected chi connectivity index (χ3v) is 6.82. The molecule has 1 aliphatic carbocycles. The van der Waals surface area contributed by atoms with Crippen LogP contribution in [0.15, 0.2) is 54.2 Å². The van der Waals surface area contributed by atoms with E-state index in [1.165, 1.54) is 28.6 Å². The molecule has 6 rings (SSSR count). The molecule has 3 aromatic rings. The van der Waals surface area contributed by atoms with E-state index in [9.17, 15) is 0 Å². The van der Waals surface area contributed by atoms with Gasteiger partial charge in [0.2, 0.25) is 11.8 Å². The first kappa shape index (κ1) is 36.6. The molecule has 10 nitrogen and oxygen atoms in total. The molecule has 5 heterocycles. The van der Waals surface area contributed by atoms with Gasteiger partial charge in [-0.05, 0) is 95.4 Å². The molecule has 3 aromatic heterocycles. The lowest BCUT2D eigenvalue weighted by atomic mass is 10.2. The molecule has 0 saturated heterocycles. The van der Waals surface area contributed by atoms with Gasteiger partial charge in [-0.2, -0.15) is 20.4 Å². The number of nitrogens with zero attached hydrogens (tertiary/aromatic N) is 9. The fourth-order valence-corrected chi connectivity index (χ4v) is 4.69. The molecule has 1 atom stereocenters. The van der Waals surface area contributed by atoms with E-state index in [-0.39, 0.29) is 0 Å². The summed E-state index contributed by atoms with van der Waals surface area (Å²) < 4.78 is 9.03. The molecule has 0 spiro atoms.